The molecule has 0 bridgehead atoms. The molecule has 0 amide bonds. The Morgan fingerprint density at radius 2 is 1.18 bits per heavy atom. The average molecular weight is 591 g/mol. The van der Waals surface area contributed by atoms with Gasteiger partial charge in [0.1, 0.15) is 0 Å². The van der Waals surface area contributed by atoms with Gasteiger partial charge in [-0.1, -0.05) is 145 Å². The van der Waals surface area contributed by atoms with Gasteiger partial charge in [0.05, 0.1) is 0 Å². The number of fused-ring (bicyclic) bond motifs is 11. The Morgan fingerprint density at radius 1 is 0.533 bits per heavy atom. The van der Waals surface area contributed by atoms with E-state index < -0.39 is 0 Å². The topological polar surface area (TPSA) is 0 Å². The van der Waals surface area contributed by atoms with Gasteiger partial charge in [-0.3, -0.25) is 0 Å². The quantitative estimate of drug-likeness (QED) is 0.176. The van der Waals surface area contributed by atoms with Crippen molar-refractivity contribution in [2.45, 2.75) is 18.8 Å². The first kappa shape index (κ1) is 25.4. The number of hydrogen-bond acceptors (Lipinski definition) is 1. The van der Waals surface area contributed by atoms with Crippen molar-refractivity contribution in [2.24, 2.45) is 5.92 Å². The Balaban J connectivity index is 1.22. The normalized spacial score (nSPS) is 18.6. The fourth-order valence-electron chi connectivity index (χ4n) is 8.37. The third-order valence-electron chi connectivity index (χ3n) is 10.3. The highest BCUT2D eigenvalue weighted by molar-refractivity contribution is 7.20. The van der Waals surface area contributed by atoms with Crippen LogP contribution in [0.4, 0.5) is 0 Å². The first-order valence-corrected chi connectivity index (χ1v) is 16.9. The molecule has 45 heavy (non-hydrogen) atoms. The highest BCUT2D eigenvalue weighted by atomic mass is 32.1. The molecule has 212 valence electrons. The maximum Gasteiger partial charge on any atom is 0.0430 e. The molecule has 7 aromatic rings. The van der Waals surface area contributed by atoms with Crippen molar-refractivity contribution < 1.29 is 0 Å². The second kappa shape index (κ2) is 9.76. The smallest absolute Gasteiger partial charge is 0.0430 e. The van der Waals surface area contributed by atoms with Crippen molar-refractivity contribution in [3.63, 3.8) is 0 Å². The zero-order valence-electron chi connectivity index (χ0n) is 24.8. The van der Waals surface area contributed by atoms with Crippen LogP contribution in [0.2, 0.25) is 0 Å². The second-order valence-electron chi connectivity index (χ2n) is 12.6. The average Bonchev–Trinajstić information content (AvgIpc) is 3.52. The molecule has 0 N–H and O–H groups in total. The molecule has 0 aliphatic heterocycles. The van der Waals surface area contributed by atoms with Crippen LogP contribution in [0.5, 0.6) is 0 Å². The summed E-state index contributed by atoms with van der Waals surface area (Å²) >= 11 is 2.02. The first-order valence-electron chi connectivity index (χ1n) is 16.1. The van der Waals surface area contributed by atoms with Gasteiger partial charge in [-0.2, -0.15) is 0 Å². The van der Waals surface area contributed by atoms with Crippen molar-refractivity contribution in [1.82, 2.24) is 0 Å². The summed E-state index contributed by atoms with van der Waals surface area (Å²) in [5, 5.41) is 9.21. The van der Waals surface area contributed by atoms with Crippen molar-refractivity contribution in [1.29, 1.82) is 0 Å². The molecule has 1 heteroatoms. The van der Waals surface area contributed by atoms with Crippen LogP contribution in [-0.4, -0.2) is 0 Å². The number of rotatable bonds is 2. The van der Waals surface area contributed by atoms with Gasteiger partial charge < -0.3 is 0 Å². The van der Waals surface area contributed by atoms with Crippen LogP contribution in [0.3, 0.4) is 0 Å². The molecule has 0 spiro atoms. The zero-order chi connectivity index (χ0) is 29.5. The Morgan fingerprint density at radius 3 is 1.98 bits per heavy atom. The largest absolute Gasteiger partial charge is 0.138 e. The van der Waals surface area contributed by atoms with Gasteiger partial charge in [-0.05, 0) is 73.5 Å². The Bertz CT molecular complexity index is 2490. The lowest BCUT2D eigenvalue weighted by atomic mass is 9.70. The molecule has 0 saturated heterocycles. The van der Waals surface area contributed by atoms with Crippen molar-refractivity contribution in [2.75, 3.05) is 0 Å². The van der Waals surface area contributed by atoms with E-state index in [1.807, 2.05) is 11.3 Å². The summed E-state index contributed by atoms with van der Waals surface area (Å²) in [6.45, 7) is 0. The fourth-order valence-corrected chi connectivity index (χ4v) is 9.84. The number of allylic oxidation sites excluding steroid dienone is 8. The van der Waals surface area contributed by atoms with Crippen LogP contribution in [0.25, 0.3) is 70.2 Å². The molecule has 0 nitrogen and oxygen atoms in total. The molecule has 0 radical (unpaired) electrons. The molecule has 2 atom stereocenters. The van der Waals surface area contributed by atoms with Crippen LogP contribution in [0, 0.1) is 5.92 Å². The van der Waals surface area contributed by atoms with Gasteiger partial charge in [0.15, 0.2) is 0 Å². The Kier molecular flexibility index (Phi) is 5.50. The van der Waals surface area contributed by atoms with Crippen LogP contribution >= 0.6 is 11.3 Å². The summed E-state index contributed by atoms with van der Waals surface area (Å²) in [4.78, 5) is 1.52. The third kappa shape index (κ3) is 3.65. The van der Waals surface area contributed by atoms with Gasteiger partial charge in [-0.25, -0.2) is 0 Å². The van der Waals surface area contributed by atoms with E-state index in [0.717, 1.165) is 12.8 Å². The second-order valence-corrected chi connectivity index (χ2v) is 13.7. The van der Waals surface area contributed by atoms with E-state index in [1.165, 1.54) is 80.7 Å². The highest BCUT2D eigenvalue weighted by Gasteiger charge is 2.36. The molecule has 3 aliphatic carbocycles. The molecule has 2 unspecified atom stereocenters. The number of hydrogen-bond donors (Lipinski definition) is 0. The van der Waals surface area contributed by atoms with Gasteiger partial charge in [0, 0.05) is 37.9 Å². The van der Waals surface area contributed by atoms with Crippen LogP contribution in [0.1, 0.15) is 29.2 Å². The molecular formula is C44H30S. The monoisotopic (exact) mass is 590 g/mol. The van der Waals surface area contributed by atoms with E-state index in [-0.39, 0.29) is 0 Å². The lowest BCUT2D eigenvalue weighted by Crippen LogP contribution is -2.20. The highest BCUT2D eigenvalue weighted by Crippen LogP contribution is 2.55. The van der Waals surface area contributed by atoms with E-state index in [2.05, 4.69) is 146 Å². The molecule has 6 aromatic carbocycles. The summed E-state index contributed by atoms with van der Waals surface area (Å²) in [6, 6.07) is 40.8. The molecule has 1 aromatic heterocycles. The summed E-state index contributed by atoms with van der Waals surface area (Å²) in [6.07, 6.45) is 16.5. The predicted molar refractivity (Wildman–Crippen MR) is 195 cm³/mol. The van der Waals surface area contributed by atoms with Crippen LogP contribution in [-0.2, 0) is 0 Å². The molecule has 0 saturated carbocycles. The van der Waals surface area contributed by atoms with Crippen LogP contribution < -0.4 is 0 Å². The van der Waals surface area contributed by atoms with E-state index in [4.69, 9.17) is 0 Å². The van der Waals surface area contributed by atoms with Gasteiger partial charge in [-0.15, -0.1) is 11.3 Å². The zero-order valence-corrected chi connectivity index (χ0v) is 25.7. The standard InChI is InChI=1S/C44H30S/c1-2-13-28-27(12-1)26-41(34-19-6-3-14-29(28)34)36-25-24-35(30-15-4-5-16-31(30)36)38-22-11-23-40-42-37-20-9-7-17-32(37)33-18-8-10-21-39(33)44(42)45-43(38)40/h1-6,8-16,18-26,33,39H,7,17H2. The van der Waals surface area contributed by atoms with E-state index in [9.17, 15) is 0 Å². The number of thiophene rings is 1. The van der Waals surface area contributed by atoms with Crippen molar-refractivity contribution in [3.8, 4) is 22.3 Å². The summed E-state index contributed by atoms with van der Waals surface area (Å²) in [5.74, 6) is 0.914. The predicted octanol–water partition coefficient (Wildman–Crippen LogP) is 12.6. The minimum atomic E-state index is 0.431. The Labute approximate surface area is 267 Å². The Hall–Kier alpha value is -4.98. The van der Waals surface area contributed by atoms with E-state index in [1.54, 1.807) is 5.57 Å². The molecule has 1 heterocycles. The lowest BCUT2D eigenvalue weighted by Gasteiger charge is -2.34. The minimum Gasteiger partial charge on any atom is -0.138 e. The number of benzene rings is 6. The van der Waals surface area contributed by atoms with E-state index in [0.29, 0.717) is 11.8 Å². The maximum atomic E-state index is 2.44. The molecule has 10 rings (SSSR count). The van der Waals surface area contributed by atoms with Gasteiger partial charge >= 0.3 is 0 Å². The maximum absolute atomic E-state index is 2.44. The van der Waals surface area contributed by atoms with Gasteiger partial charge in [0.2, 0.25) is 0 Å². The first-order chi connectivity index (χ1) is 22.3. The SMILES string of the molecule is C1=CC2C3=C(C=CCC3)c3c(sc4c(-c5ccc(-c6cc7ccccc7c7ccccc67)c6ccccc56)cccc34)C2C=C1. The molecule has 3 aliphatic rings. The summed E-state index contributed by atoms with van der Waals surface area (Å²) in [5.41, 5.74) is 9.82. The van der Waals surface area contributed by atoms with Crippen molar-refractivity contribution in [3.05, 3.63) is 162 Å². The minimum absolute atomic E-state index is 0.431. The van der Waals surface area contributed by atoms with E-state index >= 15 is 0 Å². The summed E-state index contributed by atoms with van der Waals surface area (Å²) in [7, 11) is 0. The van der Waals surface area contributed by atoms with Crippen LogP contribution in [0.15, 0.2) is 151 Å². The fraction of sp³-hybridized carbons (Fsp3) is 0.0909. The molecule has 0 fully saturated rings. The van der Waals surface area contributed by atoms with Crippen molar-refractivity contribution >= 4 is 59.3 Å². The lowest BCUT2D eigenvalue weighted by molar-refractivity contribution is 0.630. The van der Waals surface area contributed by atoms with Gasteiger partial charge in [0.25, 0.3) is 0 Å². The third-order valence-corrected chi connectivity index (χ3v) is 11.7. The molecular weight excluding hydrogens is 561 g/mol. The summed E-state index contributed by atoms with van der Waals surface area (Å²) < 4.78 is 1.41.